The van der Waals surface area contributed by atoms with Gasteiger partial charge in [-0.3, -0.25) is 4.79 Å². The van der Waals surface area contributed by atoms with Crippen molar-refractivity contribution in [3.05, 3.63) is 21.9 Å². The monoisotopic (exact) mass is 225 g/mol. The molecular formula is C11H15NO2S. The molecule has 15 heavy (non-hydrogen) atoms. The normalized spacial score (nSPS) is 24.9. The van der Waals surface area contributed by atoms with Gasteiger partial charge in [-0.15, -0.1) is 11.3 Å². The topological polar surface area (TPSA) is 63.3 Å². The lowest BCUT2D eigenvalue weighted by atomic mass is 9.70. The molecule has 1 aliphatic rings. The molecule has 3 N–H and O–H groups in total. The maximum Gasteiger partial charge on any atom is 0.304 e. The third-order valence-electron chi connectivity index (χ3n) is 3.26. The number of carboxylic acids is 1. The Hall–Kier alpha value is -0.870. The summed E-state index contributed by atoms with van der Waals surface area (Å²) in [5, 5.41) is 11.0. The van der Waals surface area contributed by atoms with E-state index in [1.807, 2.05) is 5.38 Å². The summed E-state index contributed by atoms with van der Waals surface area (Å²) in [6, 6.07) is 2.05. The van der Waals surface area contributed by atoms with Gasteiger partial charge in [0.15, 0.2) is 0 Å². The van der Waals surface area contributed by atoms with Gasteiger partial charge in [0.1, 0.15) is 0 Å². The molecule has 1 unspecified atom stereocenters. The van der Waals surface area contributed by atoms with Gasteiger partial charge in [-0.05, 0) is 36.3 Å². The van der Waals surface area contributed by atoms with Crippen molar-refractivity contribution < 1.29 is 9.90 Å². The summed E-state index contributed by atoms with van der Waals surface area (Å²) in [5.41, 5.74) is 6.68. The van der Waals surface area contributed by atoms with E-state index in [9.17, 15) is 4.79 Å². The SMILES string of the molecule is NCC1(CC(=O)O)CCCc2sccc21. The summed E-state index contributed by atoms with van der Waals surface area (Å²) in [6.45, 7) is 0.434. The Kier molecular flexibility index (Phi) is 2.80. The van der Waals surface area contributed by atoms with E-state index in [1.54, 1.807) is 11.3 Å². The van der Waals surface area contributed by atoms with Gasteiger partial charge in [0.2, 0.25) is 0 Å². The van der Waals surface area contributed by atoms with Gasteiger partial charge in [-0.25, -0.2) is 0 Å². The summed E-state index contributed by atoms with van der Waals surface area (Å²) >= 11 is 1.72. The molecule has 3 nitrogen and oxygen atoms in total. The van der Waals surface area contributed by atoms with Crippen LogP contribution in [-0.2, 0) is 16.6 Å². The summed E-state index contributed by atoms with van der Waals surface area (Å²) in [6.07, 6.45) is 3.19. The lowest BCUT2D eigenvalue weighted by molar-refractivity contribution is -0.138. The highest BCUT2D eigenvalue weighted by Gasteiger charge is 2.37. The minimum Gasteiger partial charge on any atom is -0.481 e. The number of aryl methyl sites for hydroxylation is 1. The van der Waals surface area contributed by atoms with Crippen LogP contribution >= 0.6 is 11.3 Å². The molecule has 0 radical (unpaired) electrons. The van der Waals surface area contributed by atoms with Crippen molar-refractivity contribution in [1.29, 1.82) is 0 Å². The fraction of sp³-hybridized carbons (Fsp3) is 0.545. The van der Waals surface area contributed by atoms with E-state index in [0.29, 0.717) is 6.54 Å². The molecule has 0 amide bonds. The maximum atomic E-state index is 10.9. The molecule has 1 aliphatic carbocycles. The highest BCUT2D eigenvalue weighted by molar-refractivity contribution is 7.10. The van der Waals surface area contributed by atoms with Gasteiger partial charge in [-0.2, -0.15) is 0 Å². The fourth-order valence-corrected chi connectivity index (χ4v) is 3.53. The molecule has 0 bridgehead atoms. The number of fused-ring (bicyclic) bond motifs is 1. The second-order valence-corrected chi connectivity index (χ2v) is 5.17. The Bertz CT molecular complexity index is 374. The van der Waals surface area contributed by atoms with E-state index in [2.05, 4.69) is 6.07 Å². The smallest absolute Gasteiger partial charge is 0.304 e. The first-order valence-corrected chi connectivity index (χ1v) is 6.05. The van der Waals surface area contributed by atoms with E-state index < -0.39 is 5.97 Å². The van der Waals surface area contributed by atoms with Gasteiger partial charge >= 0.3 is 5.97 Å². The highest BCUT2D eigenvalue weighted by atomic mass is 32.1. The van der Waals surface area contributed by atoms with Crippen molar-refractivity contribution in [1.82, 2.24) is 0 Å². The quantitative estimate of drug-likeness (QED) is 0.823. The minimum absolute atomic E-state index is 0.160. The lowest BCUT2D eigenvalue weighted by Crippen LogP contribution is -2.39. The first-order valence-electron chi connectivity index (χ1n) is 5.17. The van der Waals surface area contributed by atoms with Gasteiger partial charge in [0, 0.05) is 16.8 Å². The second-order valence-electron chi connectivity index (χ2n) is 4.17. The highest BCUT2D eigenvalue weighted by Crippen LogP contribution is 2.41. The Morgan fingerprint density at radius 3 is 3.13 bits per heavy atom. The molecule has 0 spiro atoms. The largest absolute Gasteiger partial charge is 0.481 e. The first-order chi connectivity index (χ1) is 7.18. The Morgan fingerprint density at radius 2 is 2.47 bits per heavy atom. The Labute approximate surface area is 92.9 Å². The molecule has 0 saturated carbocycles. The van der Waals surface area contributed by atoms with E-state index in [0.717, 1.165) is 19.3 Å². The van der Waals surface area contributed by atoms with Crippen LogP contribution in [0.1, 0.15) is 29.7 Å². The van der Waals surface area contributed by atoms with Crippen molar-refractivity contribution in [2.75, 3.05) is 6.54 Å². The first kappa shape index (κ1) is 10.6. The van der Waals surface area contributed by atoms with Crippen LogP contribution in [0.15, 0.2) is 11.4 Å². The minimum atomic E-state index is -0.750. The molecule has 1 aromatic rings. The van der Waals surface area contributed by atoms with Crippen molar-refractivity contribution in [3.63, 3.8) is 0 Å². The van der Waals surface area contributed by atoms with Crippen LogP contribution in [0.25, 0.3) is 0 Å². The zero-order valence-electron chi connectivity index (χ0n) is 8.53. The van der Waals surface area contributed by atoms with Crippen LogP contribution in [0.2, 0.25) is 0 Å². The van der Waals surface area contributed by atoms with Crippen LogP contribution in [0.3, 0.4) is 0 Å². The molecule has 4 heteroatoms. The molecule has 0 saturated heterocycles. The van der Waals surface area contributed by atoms with E-state index >= 15 is 0 Å². The number of aliphatic carboxylic acids is 1. The van der Waals surface area contributed by atoms with Crippen LogP contribution in [-0.4, -0.2) is 17.6 Å². The van der Waals surface area contributed by atoms with Crippen LogP contribution in [0.5, 0.6) is 0 Å². The molecule has 0 aromatic carbocycles. The van der Waals surface area contributed by atoms with Crippen LogP contribution in [0, 0.1) is 0 Å². The lowest BCUT2D eigenvalue weighted by Gasteiger charge is -2.35. The molecule has 1 heterocycles. The number of rotatable bonds is 3. The molecule has 1 atom stereocenters. The third kappa shape index (κ3) is 1.79. The molecule has 82 valence electrons. The van der Waals surface area contributed by atoms with Crippen molar-refractivity contribution in [2.24, 2.45) is 5.73 Å². The van der Waals surface area contributed by atoms with E-state index in [4.69, 9.17) is 10.8 Å². The number of nitrogens with two attached hydrogens (primary N) is 1. The molecule has 0 fully saturated rings. The summed E-state index contributed by atoms with van der Waals surface area (Å²) in [5.74, 6) is -0.750. The van der Waals surface area contributed by atoms with Gasteiger partial charge in [0.25, 0.3) is 0 Å². The van der Waals surface area contributed by atoms with Crippen molar-refractivity contribution in [3.8, 4) is 0 Å². The Balaban J connectivity index is 2.39. The number of hydrogen-bond donors (Lipinski definition) is 2. The zero-order chi connectivity index (χ0) is 10.9. The zero-order valence-corrected chi connectivity index (χ0v) is 9.35. The van der Waals surface area contributed by atoms with Gasteiger partial charge in [0.05, 0.1) is 6.42 Å². The number of hydrogen-bond acceptors (Lipinski definition) is 3. The average Bonchev–Trinajstić information content (AvgIpc) is 2.66. The van der Waals surface area contributed by atoms with E-state index in [1.165, 1.54) is 10.4 Å². The molecule has 0 aliphatic heterocycles. The average molecular weight is 225 g/mol. The number of thiophene rings is 1. The second kappa shape index (κ2) is 3.94. The standard InChI is InChI=1S/C11H15NO2S/c12-7-11(6-10(13)14)4-1-2-9-8(11)3-5-15-9/h3,5H,1-2,4,6-7,12H2,(H,13,14). The fourth-order valence-electron chi connectivity index (χ4n) is 2.49. The third-order valence-corrected chi connectivity index (χ3v) is 4.24. The van der Waals surface area contributed by atoms with Gasteiger partial charge < -0.3 is 10.8 Å². The summed E-state index contributed by atoms with van der Waals surface area (Å²) in [4.78, 5) is 12.2. The number of carbonyl (C=O) groups is 1. The molecule has 2 rings (SSSR count). The van der Waals surface area contributed by atoms with Crippen molar-refractivity contribution in [2.45, 2.75) is 31.1 Å². The van der Waals surface area contributed by atoms with Crippen molar-refractivity contribution >= 4 is 17.3 Å². The van der Waals surface area contributed by atoms with Crippen LogP contribution in [0.4, 0.5) is 0 Å². The van der Waals surface area contributed by atoms with E-state index in [-0.39, 0.29) is 11.8 Å². The molecular weight excluding hydrogens is 210 g/mol. The number of carboxylic acid groups (broad SMARTS) is 1. The summed E-state index contributed by atoms with van der Waals surface area (Å²) in [7, 11) is 0. The Morgan fingerprint density at radius 1 is 1.67 bits per heavy atom. The maximum absolute atomic E-state index is 10.9. The van der Waals surface area contributed by atoms with Crippen LogP contribution < -0.4 is 5.73 Å². The van der Waals surface area contributed by atoms with Gasteiger partial charge in [-0.1, -0.05) is 0 Å². The predicted molar refractivity (Wildman–Crippen MR) is 60.2 cm³/mol. The predicted octanol–water partition coefficient (Wildman–Crippen LogP) is 1.76. The molecule has 1 aromatic heterocycles. The summed E-state index contributed by atoms with van der Waals surface area (Å²) < 4.78 is 0.